The normalized spacial score (nSPS) is 23.3. The average Bonchev–Trinajstić information content (AvgIpc) is 3.13. The van der Waals surface area contributed by atoms with Gasteiger partial charge in [0.15, 0.2) is 6.23 Å². The van der Waals surface area contributed by atoms with Crippen molar-refractivity contribution in [1.29, 1.82) is 5.26 Å². The molecule has 2 rings (SSSR count). The zero-order valence-electron chi connectivity index (χ0n) is 21.7. The Morgan fingerprint density at radius 2 is 1.89 bits per heavy atom. The number of hydrogen-bond donors (Lipinski definition) is 1. The minimum Gasteiger partial charge on any atom is -0.382 e. The third-order valence-electron chi connectivity index (χ3n) is 5.58. The summed E-state index contributed by atoms with van der Waals surface area (Å²) < 4.78 is 33.8. The first-order valence-electron chi connectivity index (χ1n) is 12.0. The molecule has 12 heteroatoms. The van der Waals surface area contributed by atoms with E-state index < -0.39 is 44.3 Å². The maximum atomic E-state index is 12.7. The molecule has 2 unspecified atom stereocenters. The fourth-order valence-corrected chi connectivity index (χ4v) is 5.78. The molecule has 5 atom stereocenters. The van der Waals surface area contributed by atoms with Gasteiger partial charge in [-0.2, -0.15) is 5.26 Å². The van der Waals surface area contributed by atoms with Gasteiger partial charge in [-0.25, -0.2) is 9.46 Å². The van der Waals surface area contributed by atoms with Gasteiger partial charge in [-0.15, -0.1) is 0 Å². The Hall–Kier alpha value is -1.64. The van der Waals surface area contributed by atoms with Crippen molar-refractivity contribution in [2.45, 2.75) is 91.0 Å². The lowest BCUT2D eigenvalue weighted by molar-refractivity contribution is -0.0786. The molecule has 1 aromatic heterocycles. The minimum absolute atomic E-state index is 0.124. The van der Waals surface area contributed by atoms with Gasteiger partial charge in [0.05, 0.1) is 38.4 Å². The van der Waals surface area contributed by atoms with Crippen LogP contribution in [0.1, 0.15) is 59.3 Å². The van der Waals surface area contributed by atoms with E-state index in [1.807, 2.05) is 6.92 Å². The molecular weight excluding hydrogens is 475 g/mol. The van der Waals surface area contributed by atoms with Crippen LogP contribution in [0.15, 0.2) is 15.8 Å². The number of aryl methyl sites for hydroxylation is 1. The first kappa shape index (κ1) is 29.6. The SMILES string of the molecule is CC[C@H]1O[C@@H](n2cc(C)c(=O)[nH]c2=O)[C@@H](OCCOC)C1OP(OCCC#N)N(C(C)C)C(C)C. The molecule has 0 amide bonds. The van der Waals surface area contributed by atoms with Gasteiger partial charge in [-0.1, -0.05) is 6.92 Å². The lowest BCUT2D eigenvalue weighted by atomic mass is 10.1. The molecule has 0 aromatic carbocycles. The van der Waals surface area contributed by atoms with Crippen molar-refractivity contribution in [3.8, 4) is 6.07 Å². The van der Waals surface area contributed by atoms with Gasteiger partial charge in [0.25, 0.3) is 14.1 Å². The maximum Gasteiger partial charge on any atom is 0.330 e. The number of aromatic amines is 1. The summed E-state index contributed by atoms with van der Waals surface area (Å²) >= 11 is 0. The summed E-state index contributed by atoms with van der Waals surface area (Å²) in [5.41, 5.74) is -0.644. The van der Waals surface area contributed by atoms with Crippen LogP contribution in [0.5, 0.6) is 0 Å². The molecule has 198 valence electrons. The number of rotatable bonds is 14. The topological polar surface area (TPSA) is 128 Å². The summed E-state index contributed by atoms with van der Waals surface area (Å²) in [7, 11) is 0.0150. The fourth-order valence-electron chi connectivity index (χ4n) is 4.01. The first-order chi connectivity index (χ1) is 16.7. The monoisotopic (exact) mass is 514 g/mol. The van der Waals surface area contributed by atoms with Crippen molar-refractivity contribution in [1.82, 2.24) is 14.2 Å². The van der Waals surface area contributed by atoms with Crippen molar-refractivity contribution in [2.75, 3.05) is 26.9 Å². The molecule has 0 radical (unpaired) electrons. The Morgan fingerprint density at radius 1 is 1.20 bits per heavy atom. The van der Waals surface area contributed by atoms with Gasteiger partial charge in [0, 0.05) is 31.0 Å². The van der Waals surface area contributed by atoms with Crippen LogP contribution < -0.4 is 11.2 Å². The van der Waals surface area contributed by atoms with Gasteiger partial charge in [0.1, 0.15) is 12.2 Å². The highest BCUT2D eigenvalue weighted by Gasteiger charge is 2.49. The van der Waals surface area contributed by atoms with Gasteiger partial charge in [-0.05, 0) is 41.0 Å². The number of ether oxygens (including phenoxy) is 3. The van der Waals surface area contributed by atoms with E-state index in [-0.39, 0.29) is 31.7 Å². The van der Waals surface area contributed by atoms with E-state index in [0.29, 0.717) is 18.6 Å². The lowest BCUT2D eigenvalue weighted by Gasteiger charge is -2.38. The summed E-state index contributed by atoms with van der Waals surface area (Å²) in [5.74, 6) is 0. The van der Waals surface area contributed by atoms with Crippen LogP contribution in [0.2, 0.25) is 0 Å². The number of hydrogen-bond acceptors (Lipinski definition) is 9. The maximum absolute atomic E-state index is 12.7. The Bertz CT molecular complexity index is 937. The highest BCUT2D eigenvalue weighted by atomic mass is 31.2. The van der Waals surface area contributed by atoms with Crippen molar-refractivity contribution in [3.05, 3.63) is 32.6 Å². The van der Waals surface area contributed by atoms with E-state index in [1.165, 1.54) is 10.8 Å². The molecular formula is C23H39N4O7P. The molecule has 1 N–H and O–H groups in total. The number of methoxy groups -OCH3 is 1. The molecule has 0 bridgehead atoms. The number of H-pyrrole nitrogens is 1. The number of aromatic nitrogens is 2. The summed E-state index contributed by atoms with van der Waals surface area (Å²) in [6, 6.07) is 2.35. The first-order valence-corrected chi connectivity index (χ1v) is 13.1. The predicted molar refractivity (Wildman–Crippen MR) is 132 cm³/mol. The average molecular weight is 515 g/mol. The standard InChI is InChI=1S/C23H39N4O7P/c1-8-18-19(34-35(32-11-9-10-24)27(15(2)3)16(4)5)20(31-13-12-30-7)22(33-18)26-14-17(6)21(28)25-23(26)29/h14-16,18-20,22H,8-9,11-13H2,1-7H3,(H,25,28,29)/t18-,19?,20+,22-,35?/m1/s1. The van der Waals surface area contributed by atoms with Gasteiger partial charge < -0.3 is 23.3 Å². The highest BCUT2D eigenvalue weighted by Crippen LogP contribution is 2.50. The van der Waals surface area contributed by atoms with E-state index >= 15 is 0 Å². The second-order valence-corrected chi connectivity index (χ2v) is 10.3. The second kappa shape index (κ2) is 14.2. The van der Waals surface area contributed by atoms with Crippen LogP contribution in [0.25, 0.3) is 0 Å². The summed E-state index contributed by atoms with van der Waals surface area (Å²) in [6.07, 6.45) is -0.100. The van der Waals surface area contributed by atoms with Crippen molar-refractivity contribution >= 4 is 8.53 Å². The van der Waals surface area contributed by atoms with E-state index in [0.717, 1.165) is 0 Å². The highest BCUT2D eigenvalue weighted by molar-refractivity contribution is 7.44. The van der Waals surface area contributed by atoms with E-state index in [9.17, 15) is 9.59 Å². The molecule has 1 saturated heterocycles. The Kier molecular flexibility index (Phi) is 12.0. The molecule has 1 aliphatic rings. The quantitative estimate of drug-likeness (QED) is 0.294. The molecule has 1 aromatic rings. The van der Waals surface area contributed by atoms with E-state index in [2.05, 4.69) is 43.4 Å². The van der Waals surface area contributed by atoms with Crippen LogP contribution in [0.4, 0.5) is 0 Å². The van der Waals surface area contributed by atoms with Crippen LogP contribution in [0.3, 0.4) is 0 Å². The van der Waals surface area contributed by atoms with E-state index in [1.54, 1.807) is 14.0 Å². The Balaban J connectivity index is 2.46. The van der Waals surface area contributed by atoms with Crippen molar-refractivity contribution < 1.29 is 23.3 Å². The molecule has 35 heavy (non-hydrogen) atoms. The van der Waals surface area contributed by atoms with Crippen LogP contribution in [-0.4, -0.2) is 71.5 Å². The zero-order chi connectivity index (χ0) is 26.1. The fraction of sp³-hybridized carbons (Fsp3) is 0.783. The molecule has 1 aliphatic heterocycles. The van der Waals surface area contributed by atoms with Gasteiger partial charge in [0.2, 0.25) is 0 Å². The van der Waals surface area contributed by atoms with Crippen molar-refractivity contribution in [3.63, 3.8) is 0 Å². The Morgan fingerprint density at radius 3 is 2.46 bits per heavy atom. The third kappa shape index (κ3) is 7.67. The molecule has 0 aliphatic carbocycles. The lowest BCUT2D eigenvalue weighted by Crippen LogP contribution is -2.42. The smallest absolute Gasteiger partial charge is 0.330 e. The number of nitrogens with zero attached hydrogens (tertiary/aromatic N) is 3. The minimum atomic E-state index is -1.56. The van der Waals surface area contributed by atoms with Crippen molar-refractivity contribution in [2.24, 2.45) is 0 Å². The van der Waals surface area contributed by atoms with Gasteiger partial charge >= 0.3 is 5.69 Å². The Labute approximate surface area is 208 Å². The molecule has 2 heterocycles. The molecule has 1 fully saturated rings. The summed E-state index contributed by atoms with van der Waals surface area (Å²) in [4.78, 5) is 27.0. The summed E-state index contributed by atoms with van der Waals surface area (Å²) in [5, 5.41) is 9.01. The molecule has 0 spiro atoms. The van der Waals surface area contributed by atoms with Crippen LogP contribution in [-0.2, 0) is 23.3 Å². The number of nitrogens with one attached hydrogen (secondary N) is 1. The second-order valence-electron chi connectivity index (χ2n) is 8.90. The molecule has 11 nitrogen and oxygen atoms in total. The van der Waals surface area contributed by atoms with Crippen LogP contribution >= 0.6 is 8.53 Å². The zero-order valence-corrected chi connectivity index (χ0v) is 22.6. The predicted octanol–water partition coefficient (Wildman–Crippen LogP) is 2.85. The molecule has 0 saturated carbocycles. The van der Waals surface area contributed by atoms with E-state index in [4.69, 9.17) is 28.5 Å². The van der Waals surface area contributed by atoms with Gasteiger partial charge in [-0.3, -0.25) is 14.3 Å². The number of nitriles is 1. The third-order valence-corrected chi connectivity index (χ3v) is 7.71. The summed E-state index contributed by atoms with van der Waals surface area (Å²) in [6.45, 7) is 12.7. The van der Waals surface area contributed by atoms with Crippen LogP contribution in [0, 0.1) is 18.3 Å². The largest absolute Gasteiger partial charge is 0.382 e.